The van der Waals surface area contributed by atoms with Crippen molar-refractivity contribution in [2.24, 2.45) is 0 Å². The normalized spacial score (nSPS) is 13.7. The van der Waals surface area contributed by atoms with Crippen LogP contribution >= 0.6 is 15.9 Å². The molecule has 0 radical (unpaired) electrons. The highest BCUT2D eigenvalue weighted by Gasteiger charge is 2.38. The predicted octanol–water partition coefficient (Wildman–Crippen LogP) is 3.06. The number of aromatic nitrogens is 2. The summed E-state index contributed by atoms with van der Waals surface area (Å²) in [6.07, 6.45) is -4.55. The minimum atomic E-state index is -4.55. The fraction of sp³-hybridized carbons (Fsp3) is 0.636. The van der Waals surface area contributed by atoms with Gasteiger partial charge in [0.2, 0.25) is 5.91 Å². The van der Waals surface area contributed by atoms with E-state index in [2.05, 4.69) is 26.3 Å². The Morgan fingerprint density at radius 2 is 1.89 bits per heavy atom. The zero-order chi connectivity index (χ0) is 15.0. The summed E-state index contributed by atoms with van der Waals surface area (Å²) < 4.78 is 39.1. The molecule has 1 atom stereocenters. The van der Waals surface area contributed by atoms with Crippen molar-refractivity contribution in [3.05, 3.63) is 15.9 Å². The number of nitrogens with one attached hydrogen (secondary N) is 1. The van der Waals surface area contributed by atoms with Gasteiger partial charge in [0.15, 0.2) is 5.69 Å². The molecule has 108 valence electrons. The SMILES string of the molecule is Cc1c(Br)c(C(F)(F)F)nn1C(C)C(=O)NC(C)C. The molecule has 0 aliphatic heterocycles. The van der Waals surface area contributed by atoms with Crippen LogP contribution in [0.2, 0.25) is 0 Å². The maximum Gasteiger partial charge on any atom is 0.436 e. The Hall–Kier alpha value is -1.05. The second-order valence-electron chi connectivity index (χ2n) is 4.53. The topological polar surface area (TPSA) is 46.9 Å². The van der Waals surface area contributed by atoms with Crippen LogP contribution in [0.25, 0.3) is 0 Å². The summed E-state index contributed by atoms with van der Waals surface area (Å²) in [6.45, 7) is 6.53. The molecule has 0 spiro atoms. The number of nitrogens with zero attached hydrogens (tertiary/aromatic N) is 2. The molecule has 1 rings (SSSR count). The zero-order valence-electron chi connectivity index (χ0n) is 11.0. The van der Waals surface area contributed by atoms with Crippen LogP contribution in [0.3, 0.4) is 0 Å². The summed E-state index contributed by atoms with van der Waals surface area (Å²) in [4.78, 5) is 11.8. The van der Waals surface area contributed by atoms with Crippen LogP contribution in [0.1, 0.15) is 38.2 Å². The smallest absolute Gasteiger partial charge is 0.352 e. The Kier molecular flexibility index (Phi) is 4.65. The molecule has 0 aliphatic carbocycles. The summed E-state index contributed by atoms with van der Waals surface area (Å²) in [7, 11) is 0. The molecule has 8 heteroatoms. The molecule has 1 N–H and O–H groups in total. The van der Waals surface area contributed by atoms with E-state index in [-0.39, 0.29) is 22.1 Å². The highest BCUT2D eigenvalue weighted by Crippen LogP contribution is 2.36. The first-order valence-corrected chi connectivity index (χ1v) is 6.47. The lowest BCUT2D eigenvalue weighted by molar-refractivity contribution is -0.142. The zero-order valence-corrected chi connectivity index (χ0v) is 12.6. The number of hydrogen-bond acceptors (Lipinski definition) is 2. The van der Waals surface area contributed by atoms with Crippen molar-refractivity contribution in [3.63, 3.8) is 0 Å². The lowest BCUT2D eigenvalue weighted by Gasteiger charge is -2.16. The Bertz CT molecular complexity index is 482. The molecule has 1 aromatic rings. The van der Waals surface area contributed by atoms with Crippen LogP contribution in [0.5, 0.6) is 0 Å². The van der Waals surface area contributed by atoms with Gasteiger partial charge in [-0.05, 0) is 43.6 Å². The van der Waals surface area contributed by atoms with E-state index < -0.39 is 17.9 Å². The number of carbonyl (C=O) groups is 1. The lowest BCUT2D eigenvalue weighted by atomic mass is 10.2. The fourth-order valence-electron chi connectivity index (χ4n) is 1.57. The standard InChI is InChI=1S/C11H15BrF3N3O/c1-5(2)16-10(19)7(4)18-6(3)8(12)9(17-18)11(13,14)15/h5,7H,1-4H3,(H,16,19). The Balaban J connectivity index is 3.12. The Labute approximate surface area is 117 Å². The van der Waals surface area contributed by atoms with Gasteiger partial charge in [0.05, 0.1) is 10.2 Å². The van der Waals surface area contributed by atoms with Gasteiger partial charge in [-0.25, -0.2) is 0 Å². The van der Waals surface area contributed by atoms with Crippen molar-refractivity contribution >= 4 is 21.8 Å². The van der Waals surface area contributed by atoms with Crippen LogP contribution in [-0.2, 0) is 11.0 Å². The van der Waals surface area contributed by atoms with Crippen molar-refractivity contribution in [2.45, 2.75) is 46.0 Å². The summed E-state index contributed by atoms with van der Waals surface area (Å²) in [6, 6.07) is -0.897. The third-order valence-electron chi connectivity index (χ3n) is 2.52. The van der Waals surface area contributed by atoms with Gasteiger partial charge in [-0.1, -0.05) is 0 Å². The van der Waals surface area contributed by atoms with Gasteiger partial charge in [0.25, 0.3) is 0 Å². The van der Waals surface area contributed by atoms with Gasteiger partial charge in [0, 0.05) is 6.04 Å². The Morgan fingerprint density at radius 1 is 1.37 bits per heavy atom. The van der Waals surface area contributed by atoms with Crippen LogP contribution in [0, 0.1) is 6.92 Å². The van der Waals surface area contributed by atoms with Crippen molar-refractivity contribution < 1.29 is 18.0 Å². The molecule has 1 amide bonds. The molecule has 0 aromatic carbocycles. The van der Waals surface area contributed by atoms with Crippen LogP contribution < -0.4 is 5.32 Å². The van der Waals surface area contributed by atoms with E-state index in [0.29, 0.717) is 0 Å². The minimum Gasteiger partial charge on any atom is -0.352 e. The first kappa shape index (κ1) is 16.0. The molecule has 4 nitrogen and oxygen atoms in total. The molecule has 0 fully saturated rings. The maximum atomic E-state index is 12.7. The molecule has 0 saturated heterocycles. The lowest BCUT2D eigenvalue weighted by Crippen LogP contribution is -2.36. The summed E-state index contributed by atoms with van der Waals surface area (Å²) in [5, 5.41) is 6.13. The van der Waals surface area contributed by atoms with Gasteiger partial charge < -0.3 is 5.32 Å². The van der Waals surface area contributed by atoms with Crippen molar-refractivity contribution in [2.75, 3.05) is 0 Å². The largest absolute Gasteiger partial charge is 0.436 e. The van der Waals surface area contributed by atoms with Crippen LogP contribution in [-0.4, -0.2) is 21.7 Å². The maximum absolute atomic E-state index is 12.7. The highest BCUT2D eigenvalue weighted by molar-refractivity contribution is 9.10. The van der Waals surface area contributed by atoms with E-state index in [1.807, 2.05) is 0 Å². The third-order valence-corrected chi connectivity index (χ3v) is 3.47. The van der Waals surface area contributed by atoms with E-state index in [9.17, 15) is 18.0 Å². The number of amides is 1. The third kappa shape index (κ3) is 3.49. The quantitative estimate of drug-likeness (QED) is 0.918. The van der Waals surface area contributed by atoms with E-state index in [1.165, 1.54) is 13.8 Å². The molecule has 0 saturated carbocycles. The van der Waals surface area contributed by atoms with E-state index in [0.717, 1.165) is 4.68 Å². The highest BCUT2D eigenvalue weighted by atomic mass is 79.9. The fourth-order valence-corrected chi connectivity index (χ4v) is 2.06. The van der Waals surface area contributed by atoms with Gasteiger partial charge in [0.1, 0.15) is 6.04 Å². The van der Waals surface area contributed by atoms with Crippen molar-refractivity contribution in [1.29, 1.82) is 0 Å². The van der Waals surface area contributed by atoms with E-state index >= 15 is 0 Å². The number of halogens is 4. The second kappa shape index (κ2) is 5.52. The van der Waals surface area contributed by atoms with Gasteiger partial charge in [-0.3, -0.25) is 9.48 Å². The molecule has 1 heterocycles. The van der Waals surface area contributed by atoms with Crippen molar-refractivity contribution in [1.82, 2.24) is 15.1 Å². The minimum absolute atomic E-state index is 0.0867. The number of rotatable bonds is 3. The first-order chi connectivity index (χ1) is 8.55. The number of carbonyl (C=O) groups excluding carboxylic acids is 1. The average Bonchev–Trinajstić information content (AvgIpc) is 2.53. The van der Waals surface area contributed by atoms with Gasteiger partial charge in [-0.2, -0.15) is 18.3 Å². The van der Waals surface area contributed by atoms with Crippen LogP contribution in [0.15, 0.2) is 4.47 Å². The molecular weight excluding hydrogens is 327 g/mol. The van der Waals surface area contributed by atoms with Gasteiger partial charge in [-0.15, -0.1) is 0 Å². The number of alkyl halides is 3. The average molecular weight is 342 g/mol. The van der Waals surface area contributed by atoms with Crippen LogP contribution in [0.4, 0.5) is 13.2 Å². The Morgan fingerprint density at radius 3 is 2.26 bits per heavy atom. The van der Waals surface area contributed by atoms with E-state index in [1.54, 1.807) is 13.8 Å². The molecule has 19 heavy (non-hydrogen) atoms. The van der Waals surface area contributed by atoms with E-state index in [4.69, 9.17) is 0 Å². The molecule has 0 aliphatic rings. The molecule has 0 bridgehead atoms. The second-order valence-corrected chi connectivity index (χ2v) is 5.32. The number of hydrogen-bond donors (Lipinski definition) is 1. The summed E-state index contributed by atoms with van der Waals surface area (Å²) in [5.74, 6) is -0.373. The van der Waals surface area contributed by atoms with Crippen molar-refractivity contribution in [3.8, 4) is 0 Å². The molecule has 1 unspecified atom stereocenters. The molecule has 1 aromatic heterocycles. The predicted molar refractivity (Wildman–Crippen MR) is 67.7 cm³/mol. The first-order valence-electron chi connectivity index (χ1n) is 5.67. The monoisotopic (exact) mass is 341 g/mol. The molecular formula is C11H15BrF3N3O. The van der Waals surface area contributed by atoms with Gasteiger partial charge >= 0.3 is 6.18 Å². The summed E-state index contributed by atoms with van der Waals surface area (Å²) in [5.41, 5.74) is -0.757. The summed E-state index contributed by atoms with van der Waals surface area (Å²) >= 11 is 2.87.